The Morgan fingerprint density at radius 1 is 0.889 bits per heavy atom. The second-order valence-electron chi connectivity index (χ2n) is 10.2. The summed E-state index contributed by atoms with van der Waals surface area (Å²) in [6, 6.07) is 15.9. The second-order valence-corrected chi connectivity index (χ2v) is 12.2. The van der Waals surface area contributed by atoms with Gasteiger partial charge in [-0.2, -0.15) is 13.2 Å². The van der Waals surface area contributed by atoms with E-state index in [2.05, 4.69) is 14.7 Å². The van der Waals surface area contributed by atoms with Gasteiger partial charge in [-0.15, -0.1) is 13.2 Å². The monoisotopic (exact) mass is 649 g/mol. The molecule has 2 aromatic heterocycles. The normalized spacial score (nSPS) is 12.5. The third-order valence-corrected chi connectivity index (χ3v) is 7.88. The predicted molar refractivity (Wildman–Crippen MR) is 153 cm³/mol. The first-order chi connectivity index (χ1) is 21.0. The minimum Gasteiger partial charge on any atom is -0.440 e. The molecule has 14 heteroatoms. The summed E-state index contributed by atoms with van der Waals surface area (Å²) in [4.78, 5) is 8.42. The molecule has 0 saturated heterocycles. The number of rotatable bonds is 8. The van der Waals surface area contributed by atoms with E-state index < -0.39 is 33.8 Å². The molecule has 0 atom stereocenters. The van der Waals surface area contributed by atoms with Gasteiger partial charge in [0.15, 0.2) is 27.2 Å². The van der Waals surface area contributed by atoms with E-state index in [0.717, 1.165) is 24.6 Å². The molecule has 0 spiro atoms. The molecule has 0 fully saturated rings. The van der Waals surface area contributed by atoms with E-state index in [1.165, 1.54) is 35.8 Å². The smallest absolute Gasteiger partial charge is 0.440 e. The minimum absolute atomic E-state index is 0.0304. The molecule has 236 valence electrons. The van der Waals surface area contributed by atoms with Crippen LogP contribution in [-0.4, -0.2) is 35.6 Å². The summed E-state index contributed by atoms with van der Waals surface area (Å²) in [7, 11) is -3.55. The fourth-order valence-corrected chi connectivity index (χ4v) is 5.41. The molecule has 0 unspecified atom stereocenters. The highest BCUT2D eigenvalue weighted by Crippen LogP contribution is 2.40. The lowest BCUT2D eigenvalue weighted by molar-refractivity contribution is -0.274. The second kappa shape index (κ2) is 11.7. The van der Waals surface area contributed by atoms with Crippen LogP contribution < -0.4 is 4.74 Å². The molecule has 0 bridgehead atoms. The van der Waals surface area contributed by atoms with E-state index in [4.69, 9.17) is 4.42 Å². The zero-order valence-corrected chi connectivity index (χ0v) is 24.8. The van der Waals surface area contributed by atoms with Crippen LogP contribution in [0.1, 0.15) is 30.8 Å². The molecule has 7 nitrogen and oxygen atoms in total. The van der Waals surface area contributed by atoms with Crippen molar-refractivity contribution in [2.75, 3.05) is 6.26 Å². The number of imidazole rings is 1. The molecule has 5 rings (SSSR count). The van der Waals surface area contributed by atoms with Crippen molar-refractivity contribution in [1.82, 2.24) is 14.5 Å². The van der Waals surface area contributed by atoms with Gasteiger partial charge >= 0.3 is 12.5 Å². The average Bonchev–Trinajstić information content (AvgIpc) is 3.56. The van der Waals surface area contributed by atoms with E-state index >= 15 is 0 Å². The zero-order chi connectivity index (χ0) is 32.7. The highest BCUT2D eigenvalue weighted by atomic mass is 32.2. The Morgan fingerprint density at radius 2 is 1.56 bits per heavy atom. The molecule has 0 aliphatic rings. The number of alkyl halides is 6. The highest BCUT2D eigenvalue weighted by molar-refractivity contribution is 7.90. The number of hydrogen-bond acceptors (Lipinski definition) is 6. The van der Waals surface area contributed by atoms with Gasteiger partial charge in [-0.05, 0) is 73.0 Å². The third kappa shape index (κ3) is 7.06. The SMILES string of the molecule is CCCc1nc(-c2cc(-c3cccc(S(C)(=O)=O)c3)ccc2-n2cc(C(F)(F)F)nc2C)c(-c2ccc(OC(F)(F)F)cc2)o1. The molecule has 0 aliphatic heterocycles. The molecule has 0 N–H and O–H groups in total. The number of ether oxygens (including phenoxy) is 1. The van der Waals surface area contributed by atoms with Gasteiger partial charge in [0.25, 0.3) is 0 Å². The van der Waals surface area contributed by atoms with Gasteiger partial charge in [0.05, 0.1) is 10.6 Å². The van der Waals surface area contributed by atoms with Crippen molar-refractivity contribution in [3.8, 4) is 45.1 Å². The van der Waals surface area contributed by atoms with Crippen molar-refractivity contribution in [2.24, 2.45) is 0 Å². The number of aryl methyl sites for hydroxylation is 2. The quantitative estimate of drug-likeness (QED) is 0.157. The fourth-order valence-electron chi connectivity index (χ4n) is 4.75. The summed E-state index contributed by atoms with van der Waals surface area (Å²) in [5.41, 5.74) is 1.04. The van der Waals surface area contributed by atoms with E-state index in [9.17, 15) is 34.8 Å². The lowest BCUT2D eigenvalue weighted by Gasteiger charge is -2.14. The Morgan fingerprint density at radius 3 is 2.16 bits per heavy atom. The van der Waals surface area contributed by atoms with E-state index in [1.807, 2.05) is 6.92 Å². The number of halogens is 6. The average molecular weight is 650 g/mol. The van der Waals surface area contributed by atoms with Crippen molar-refractivity contribution in [3.63, 3.8) is 0 Å². The van der Waals surface area contributed by atoms with Crippen molar-refractivity contribution < 1.29 is 43.9 Å². The summed E-state index contributed by atoms with van der Waals surface area (Å²) in [6.07, 6.45) is -6.64. The molecule has 0 radical (unpaired) electrons. The van der Waals surface area contributed by atoms with Crippen molar-refractivity contribution >= 4 is 9.84 Å². The number of aromatic nitrogens is 3. The summed E-state index contributed by atoms with van der Waals surface area (Å²) in [6.45, 7) is 3.30. The van der Waals surface area contributed by atoms with Crippen LogP contribution in [0.25, 0.3) is 39.4 Å². The maximum atomic E-state index is 13.6. The largest absolute Gasteiger partial charge is 0.573 e. The summed E-state index contributed by atoms with van der Waals surface area (Å²) in [5.74, 6) is 0.0344. The molecule has 3 aromatic carbocycles. The fraction of sp³-hybridized carbons (Fsp3) is 0.226. The minimum atomic E-state index is -4.89. The van der Waals surface area contributed by atoms with Crippen molar-refractivity contribution in [3.05, 3.63) is 90.3 Å². The lowest BCUT2D eigenvalue weighted by Crippen LogP contribution is -2.16. The molecule has 0 amide bonds. The van der Waals surface area contributed by atoms with Crippen molar-refractivity contribution in [2.45, 2.75) is 44.1 Å². The zero-order valence-electron chi connectivity index (χ0n) is 24.0. The Bertz CT molecular complexity index is 1960. The van der Waals surface area contributed by atoms with Gasteiger partial charge in [-0.25, -0.2) is 18.4 Å². The number of benzene rings is 3. The first kappa shape index (κ1) is 31.8. The van der Waals surface area contributed by atoms with E-state index in [1.54, 1.807) is 30.3 Å². The third-order valence-electron chi connectivity index (χ3n) is 6.76. The maximum Gasteiger partial charge on any atom is 0.573 e. The van der Waals surface area contributed by atoms with Crippen LogP contribution in [0.15, 0.2) is 82.2 Å². The van der Waals surface area contributed by atoms with Gasteiger partial charge in [0.2, 0.25) is 0 Å². The van der Waals surface area contributed by atoms with Gasteiger partial charge in [-0.3, -0.25) is 0 Å². The Labute approximate surface area is 254 Å². The molecule has 5 aromatic rings. The topological polar surface area (TPSA) is 87.2 Å². The predicted octanol–water partition coefficient (Wildman–Crippen LogP) is 8.44. The highest BCUT2D eigenvalue weighted by Gasteiger charge is 2.35. The van der Waals surface area contributed by atoms with Gasteiger partial charge < -0.3 is 13.7 Å². The van der Waals surface area contributed by atoms with E-state index in [-0.39, 0.29) is 27.9 Å². The number of nitrogens with zero attached hydrogens (tertiary/aromatic N) is 3. The summed E-state index contributed by atoms with van der Waals surface area (Å²) < 4.78 is 115. The van der Waals surface area contributed by atoms with Crippen LogP contribution in [0.3, 0.4) is 0 Å². The Kier molecular flexibility index (Phi) is 8.29. The molecule has 2 heterocycles. The van der Waals surface area contributed by atoms with E-state index in [0.29, 0.717) is 41.0 Å². The molecular formula is C31H25F6N3O4S. The van der Waals surface area contributed by atoms with Crippen molar-refractivity contribution in [1.29, 1.82) is 0 Å². The number of sulfone groups is 1. The van der Waals surface area contributed by atoms with Crippen LogP contribution in [-0.2, 0) is 22.4 Å². The number of hydrogen-bond donors (Lipinski definition) is 0. The first-order valence-corrected chi connectivity index (χ1v) is 15.4. The standard InChI is InChI=1S/C31H25F6N3O4S/c1-4-6-27-39-28(29(43-27)19-9-12-22(13-10-19)44-31(35,36)37)24-16-21(20-7-5-8-23(15-20)45(3,41)42)11-14-25(24)40-17-26(30(32,33)34)38-18(40)2/h5,7-17H,4,6H2,1-3H3. The van der Waals surface area contributed by atoms with Crippen LogP contribution in [0.5, 0.6) is 5.75 Å². The molecule has 0 saturated carbocycles. The maximum absolute atomic E-state index is 13.6. The van der Waals surface area contributed by atoms with Crippen LogP contribution in [0.4, 0.5) is 26.3 Å². The molecular weight excluding hydrogens is 624 g/mol. The van der Waals surface area contributed by atoms with Gasteiger partial charge in [-0.1, -0.05) is 25.1 Å². The van der Waals surface area contributed by atoms with Gasteiger partial charge in [0, 0.05) is 30.0 Å². The van der Waals surface area contributed by atoms with Crippen LogP contribution >= 0.6 is 0 Å². The van der Waals surface area contributed by atoms with Crippen LogP contribution in [0.2, 0.25) is 0 Å². The Hall–Kier alpha value is -4.59. The first-order valence-electron chi connectivity index (χ1n) is 13.5. The number of oxazole rings is 1. The van der Waals surface area contributed by atoms with Gasteiger partial charge in [0.1, 0.15) is 17.3 Å². The summed E-state index contributed by atoms with van der Waals surface area (Å²) in [5, 5.41) is 0. The van der Waals surface area contributed by atoms with Crippen LogP contribution in [0, 0.1) is 6.92 Å². The molecule has 45 heavy (non-hydrogen) atoms. The summed E-state index contributed by atoms with van der Waals surface area (Å²) >= 11 is 0. The Balaban J connectivity index is 1.75. The lowest BCUT2D eigenvalue weighted by atomic mass is 9.98. The molecule has 0 aliphatic carbocycles.